The molecule has 12 heavy (non-hydrogen) atoms. The molecule has 0 aromatic rings. The van der Waals surface area contributed by atoms with E-state index in [0.29, 0.717) is 6.42 Å². The minimum Gasteiger partial charge on any atom is -0.295 e. The Kier molecular flexibility index (Phi) is 4.87. The molecule has 1 heteroatoms. The third-order valence-corrected chi connectivity index (χ3v) is 1.55. The predicted molar refractivity (Wildman–Crippen MR) is 53.1 cm³/mol. The smallest absolute Gasteiger partial charge is 0.155 e. The molecule has 0 saturated carbocycles. The number of hydrogen-bond donors (Lipinski definition) is 0. The fourth-order valence-corrected chi connectivity index (χ4v) is 0.777. The second-order valence-electron chi connectivity index (χ2n) is 4.27. The van der Waals surface area contributed by atoms with Gasteiger partial charge in [-0.05, 0) is 17.9 Å². The lowest BCUT2D eigenvalue weighted by atomic mass is 9.95. The number of unbranched alkanes of at least 4 members (excludes halogenated alkanes) is 1. The summed E-state index contributed by atoms with van der Waals surface area (Å²) in [7, 11) is 0. The van der Waals surface area contributed by atoms with E-state index in [4.69, 9.17) is 0 Å². The van der Waals surface area contributed by atoms with E-state index in [1.807, 2.05) is 6.08 Å². The van der Waals surface area contributed by atoms with Gasteiger partial charge in [0.1, 0.15) is 0 Å². The minimum absolute atomic E-state index is 0.127. The van der Waals surface area contributed by atoms with Crippen LogP contribution in [0.5, 0.6) is 0 Å². The van der Waals surface area contributed by atoms with Crippen molar-refractivity contribution in [1.82, 2.24) is 0 Å². The molecule has 0 saturated heterocycles. The molecule has 0 fully saturated rings. The van der Waals surface area contributed by atoms with Crippen molar-refractivity contribution in [1.29, 1.82) is 0 Å². The molecule has 0 amide bonds. The van der Waals surface area contributed by atoms with E-state index < -0.39 is 0 Å². The summed E-state index contributed by atoms with van der Waals surface area (Å²) in [6.07, 6.45) is 6.49. The van der Waals surface area contributed by atoms with Gasteiger partial charge in [0.05, 0.1) is 0 Å². The normalized spacial score (nSPS) is 12.3. The van der Waals surface area contributed by atoms with Crippen molar-refractivity contribution in [2.24, 2.45) is 5.41 Å². The van der Waals surface area contributed by atoms with Gasteiger partial charge in [-0.2, -0.15) is 0 Å². The molecule has 0 bridgehead atoms. The van der Waals surface area contributed by atoms with Crippen LogP contribution in [0, 0.1) is 5.41 Å². The van der Waals surface area contributed by atoms with E-state index in [-0.39, 0.29) is 11.2 Å². The zero-order chi connectivity index (χ0) is 9.61. The molecule has 70 valence electrons. The Morgan fingerprint density at radius 3 is 2.33 bits per heavy atom. The fraction of sp³-hybridized carbons (Fsp3) is 0.727. The maximum atomic E-state index is 11.2. The highest BCUT2D eigenvalue weighted by atomic mass is 16.1. The van der Waals surface area contributed by atoms with Crippen LogP contribution in [0.2, 0.25) is 0 Å². The minimum atomic E-state index is 0.127. The third kappa shape index (κ3) is 7.52. The van der Waals surface area contributed by atoms with Gasteiger partial charge in [0, 0.05) is 6.42 Å². The van der Waals surface area contributed by atoms with Gasteiger partial charge in [0.2, 0.25) is 0 Å². The molecule has 0 aliphatic carbocycles. The Hall–Kier alpha value is -0.590. The topological polar surface area (TPSA) is 17.1 Å². The Bertz CT molecular complexity index is 160. The fourth-order valence-electron chi connectivity index (χ4n) is 0.777. The van der Waals surface area contributed by atoms with Gasteiger partial charge in [-0.1, -0.05) is 40.2 Å². The summed E-state index contributed by atoms with van der Waals surface area (Å²) in [4.78, 5) is 11.2. The molecule has 0 aromatic carbocycles. The van der Waals surface area contributed by atoms with Crippen LogP contribution in [0.3, 0.4) is 0 Å². The maximum absolute atomic E-state index is 11.2. The maximum Gasteiger partial charge on any atom is 0.155 e. The SMILES string of the molecule is CCCCC(=O)/C=C\C(C)(C)C. The van der Waals surface area contributed by atoms with Crippen molar-refractivity contribution < 1.29 is 4.79 Å². The first-order chi connectivity index (χ1) is 5.45. The van der Waals surface area contributed by atoms with E-state index in [2.05, 4.69) is 27.7 Å². The number of rotatable bonds is 4. The van der Waals surface area contributed by atoms with Crippen LogP contribution in [0.4, 0.5) is 0 Å². The van der Waals surface area contributed by atoms with Crippen molar-refractivity contribution in [2.75, 3.05) is 0 Å². The summed E-state index contributed by atoms with van der Waals surface area (Å²) in [5, 5.41) is 0. The summed E-state index contributed by atoms with van der Waals surface area (Å²) in [5.74, 6) is 0.256. The van der Waals surface area contributed by atoms with Gasteiger partial charge in [0.25, 0.3) is 0 Å². The van der Waals surface area contributed by atoms with E-state index in [0.717, 1.165) is 12.8 Å². The molecular weight excluding hydrogens is 148 g/mol. The van der Waals surface area contributed by atoms with Crippen LogP contribution in [-0.2, 0) is 4.79 Å². The lowest BCUT2D eigenvalue weighted by Crippen LogP contribution is -2.01. The molecule has 0 rings (SSSR count). The Morgan fingerprint density at radius 2 is 1.92 bits per heavy atom. The Balaban J connectivity index is 3.76. The quantitative estimate of drug-likeness (QED) is 0.588. The van der Waals surface area contributed by atoms with Gasteiger partial charge in [-0.15, -0.1) is 0 Å². The number of ketones is 1. The number of carbonyl (C=O) groups excluding carboxylic acids is 1. The monoisotopic (exact) mass is 168 g/mol. The van der Waals surface area contributed by atoms with Gasteiger partial charge in [-0.3, -0.25) is 4.79 Å². The van der Waals surface area contributed by atoms with Crippen molar-refractivity contribution in [3.8, 4) is 0 Å². The van der Waals surface area contributed by atoms with Gasteiger partial charge in [-0.25, -0.2) is 0 Å². The van der Waals surface area contributed by atoms with Gasteiger partial charge >= 0.3 is 0 Å². The van der Waals surface area contributed by atoms with Crippen molar-refractivity contribution >= 4 is 5.78 Å². The van der Waals surface area contributed by atoms with Crippen molar-refractivity contribution in [3.05, 3.63) is 12.2 Å². The highest BCUT2D eigenvalue weighted by molar-refractivity contribution is 5.89. The average Bonchev–Trinajstić information content (AvgIpc) is 1.95. The predicted octanol–water partition coefficient (Wildman–Crippen LogP) is 3.35. The molecule has 0 atom stereocenters. The van der Waals surface area contributed by atoms with Crippen LogP contribution in [0.15, 0.2) is 12.2 Å². The zero-order valence-corrected chi connectivity index (χ0v) is 8.68. The summed E-state index contributed by atoms with van der Waals surface area (Å²) in [5.41, 5.74) is 0.127. The summed E-state index contributed by atoms with van der Waals surface area (Å²) < 4.78 is 0. The Labute approximate surface area is 75.9 Å². The van der Waals surface area contributed by atoms with Crippen LogP contribution in [0.25, 0.3) is 0 Å². The number of hydrogen-bond acceptors (Lipinski definition) is 1. The average molecular weight is 168 g/mol. The Morgan fingerprint density at radius 1 is 1.33 bits per heavy atom. The molecule has 0 heterocycles. The molecule has 1 nitrogen and oxygen atoms in total. The highest BCUT2D eigenvalue weighted by Gasteiger charge is 2.04. The first-order valence-corrected chi connectivity index (χ1v) is 4.68. The van der Waals surface area contributed by atoms with Crippen LogP contribution in [0.1, 0.15) is 47.0 Å². The number of allylic oxidation sites excluding steroid dienone is 2. The van der Waals surface area contributed by atoms with Crippen LogP contribution >= 0.6 is 0 Å². The largest absolute Gasteiger partial charge is 0.295 e. The molecule has 0 unspecified atom stereocenters. The lowest BCUT2D eigenvalue weighted by Gasteiger charge is -2.10. The van der Waals surface area contributed by atoms with E-state index >= 15 is 0 Å². The molecule has 0 aromatic heterocycles. The standard InChI is InChI=1S/C11H20O/c1-5-6-7-10(12)8-9-11(2,3)4/h8-9H,5-7H2,1-4H3/b9-8-. The van der Waals surface area contributed by atoms with E-state index in [1.54, 1.807) is 6.08 Å². The third-order valence-electron chi connectivity index (χ3n) is 1.55. The second kappa shape index (κ2) is 5.13. The van der Waals surface area contributed by atoms with E-state index in [1.165, 1.54) is 0 Å². The molecule has 0 N–H and O–H groups in total. The number of carbonyl (C=O) groups is 1. The molecule has 0 radical (unpaired) electrons. The summed E-state index contributed by atoms with van der Waals surface area (Å²) in [6.45, 7) is 8.38. The van der Waals surface area contributed by atoms with E-state index in [9.17, 15) is 4.79 Å². The summed E-state index contributed by atoms with van der Waals surface area (Å²) >= 11 is 0. The molecule has 0 aliphatic rings. The first kappa shape index (κ1) is 11.4. The molecule has 0 spiro atoms. The summed E-state index contributed by atoms with van der Waals surface area (Å²) in [6, 6.07) is 0. The highest BCUT2D eigenvalue weighted by Crippen LogP contribution is 2.14. The van der Waals surface area contributed by atoms with Crippen molar-refractivity contribution in [2.45, 2.75) is 47.0 Å². The van der Waals surface area contributed by atoms with Crippen LogP contribution in [-0.4, -0.2) is 5.78 Å². The first-order valence-electron chi connectivity index (χ1n) is 4.68. The van der Waals surface area contributed by atoms with Gasteiger partial charge in [0.15, 0.2) is 5.78 Å². The second-order valence-corrected chi connectivity index (χ2v) is 4.27. The van der Waals surface area contributed by atoms with Crippen LogP contribution < -0.4 is 0 Å². The molecular formula is C11H20O. The zero-order valence-electron chi connectivity index (χ0n) is 8.68. The van der Waals surface area contributed by atoms with Crippen molar-refractivity contribution in [3.63, 3.8) is 0 Å². The lowest BCUT2D eigenvalue weighted by molar-refractivity contribution is -0.114. The van der Waals surface area contributed by atoms with Gasteiger partial charge < -0.3 is 0 Å². The molecule has 0 aliphatic heterocycles.